The van der Waals surface area contributed by atoms with Gasteiger partial charge in [0.05, 0.1) is 30.0 Å². The number of imidazole rings is 1. The summed E-state index contributed by atoms with van der Waals surface area (Å²) < 4.78 is 39.2. The van der Waals surface area contributed by atoms with E-state index in [0.717, 1.165) is 0 Å². The van der Waals surface area contributed by atoms with Gasteiger partial charge in [-0.1, -0.05) is 0 Å². The molecule has 0 aliphatic carbocycles. The van der Waals surface area contributed by atoms with Crippen LogP contribution in [0.4, 0.5) is 0 Å². The first-order valence-electron chi connectivity index (χ1n) is 7.44. The van der Waals surface area contributed by atoms with Gasteiger partial charge in [-0.2, -0.15) is 4.31 Å². The summed E-state index contributed by atoms with van der Waals surface area (Å²) in [6.45, 7) is 1.41. The molecule has 9 heteroatoms. The Balaban J connectivity index is 1.95. The van der Waals surface area contributed by atoms with Crippen LogP contribution >= 0.6 is 0 Å². The molecule has 1 fully saturated rings. The predicted octanol–water partition coefficient (Wildman–Crippen LogP) is 0.701. The van der Waals surface area contributed by atoms with Crippen molar-refractivity contribution in [3.63, 3.8) is 0 Å². The standard InChI is InChI=1S/C15H15N3O5S/c1-17-9-16-13-14(17)11-8-10(2-3-12(11)23-15(13)19)24(20,21)18-4-6-22-7-5-18/h2-3,8-9H,4-7H2,1H3. The van der Waals surface area contributed by atoms with Crippen LogP contribution in [0.3, 0.4) is 0 Å². The zero-order valence-corrected chi connectivity index (χ0v) is 13.7. The highest BCUT2D eigenvalue weighted by molar-refractivity contribution is 7.89. The summed E-state index contributed by atoms with van der Waals surface area (Å²) in [6.07, 6.45) is 1.50. The number of nitrogens with zero attached hydrogens (tertiary/aromatic N) is 3. The van der Waals surface area contributed by atoms with E-state index < -0.39 is 15.6 Å². The second-order valence-electron chi connectivity index (χ2n) is 5.62. The third-order valence-electron chi connectivity index (χ3n) is 4.15. The number of benzene rings is 1. The third kappa shape index (κ3) is 2.24. The Morgan fingerprint density at radius 3 is 2.71 bits per heavy atom. The highest BCUT2D eigenvalue weighted by Crippen LogP contribution is 2.26. The fourth-order valence-corrected chi connectivity index (χ4v) is 4.36. The van der Waals surface area contributed by atoms with Crippen molar-refractivity contribution in [2.75, 3.05) is 26.3 Å². The summed E-state index contributed by atoms with van der Waals surface area (Å²) in [7, 11) is -1.88. The van der Waals surface area contributed by atoms with Gasteiger partial charge in [0.2, 0.25) is 10.0 Å². The average Bonchev–Trinajstić information content (AvgIpc) is 2.98. The van der Waals surface area contributed by atoms with Crippen LogP contribution in [0.1, 0.15) is 0 Å². The van der Waals surface area contributed by atoms with Crippen molar-refractivity contribution in [2.45, 2.75) is 4.90 Å². The molecule has 0 amide bonds. The van der Waals surface area contributed by atoms with Crippen molar-refractivity contribution >= 4 is 32.0 Å². The number of aromatic nitrogens is 2. The van der Waals surface area contributed by atoms with Crippen LogP contribution in [0, 0.1) is 0 Å². The molecule has 0 spiro atoms. The molecule has 1 aliphatic heterocycles. The van der Waals surface area contributed by atoms with Gasteiger partial charge >= 0.3 is 5.63 Å². The molecule has 1 saturated heterocycles. The summed E-state index contributed by atoms with van der Waals surface area (Å²) in [4.78, 5) is 16.1. The van der Waals surface area contributed by atoms with Crippen molar-refractivity contribution in [3.8, 4) is 0 Å². The molecule has 0 saturated carbocycles. The van der Waals surface area contributed by atoms with Crippen molar-refractivity contribution in [3.05, 3.63) is 34.9 Å². The van der Waals surface area contributed by atoms with Gasteiger partial charge in [-0.05, 0) is 18.2 Å². The molecule has 8 nitrogen and oxygen atoms in total. The molecule has 3 aromatic rings. The van der Waals surface area contributed by atoms with Gasteiger partial charge in [0.25, 0.3) is 0 Å². The fraction of sp³-hybridized carbons (Fsp3) is 0.333. The van der Waals surface area contributed by atoms with E-state index in [1.165, 1.54) is 28.8 Å². The fourth-order valence-electron chi connectivity index (χ4n) is 2.93. The molecule has 0 radical (unpaired) electrons. The van der Waals surface area contributed by atoms with Crippen molar-refractivity contribution in [1.82, 2.24) is 13.9 Å². The lowest BCUT2D eigenvalue weighted by molar-refractivity contribution is 0.0730. The Bertz CT molecular complexity index is 1090. The molecular weight excluding hydrogens is 334 g/mol. The number of rotatable bonds is 2. The van der Waals surface area contributed by atoms with Crippen molar-refractivity contribution in [2.24, 2.45) is 7.05 Å². The van der Waals surface area contributed by atoms with Crippen LogP contribution in [0.2, 0.25) is 0 Å². The molecule has 3 heterocycles. The van der Waals surface area contributed by atoms with E-state index in [9.17, 15) is 13.2 Å². The van der Waals surface area contributed by atoms with Crippen LogP contribution in [-0.2, 0) is 21.8 Å². The normalized spacial score (nSPS) is 16.9. The summed E-state index contributed by atoms with van der Waals surface area (Å²) in [5.41, 5.74) is 0.533. The van der Waals surface area contributed by atoms with Gasteiger partial charge in [0, 0.05) is 25.5 Å². The first-order valence-corrected chi connectivity index (χ1v) is 8.88. The maximum Gasteiger partial charge on any atom is 0.364 e. The third-order valence-corrected chi connectivity index (χ3v) is 6.04. The maximum atomic E-state index is 12.8. The molecular formula is C15H15N3O5S. The molecule has 4 rings (SSSR count). The summed E-state index contributed by atoms with van der Waals surface area (Å²) >= 11 is 0. The van der Waals surface area contributed by atoms with Crippen LogP contribution in [0.5, 0.6) is 0 Å². The topological polar surface area (TPSA) is 94.6 Å². The number of ether oxygens (including phenoxy) is 1. The second-order valence-corrected chi connectivity index (χ2v) is 7.55. The maximum absolute atomic E-state index is 12.8. The van der Waals surface area contributed by atoms with E-state index in [2.05, 4.69) is 4.98 Å². The highest BCUT2D eigenvalue weighted by Gasteiger charge is 2.27. The average molecular weight is 349 g/mol. The molecule has 1 aromatic carbocycles. The summed E-state index contributed by atoms with van der Waals surface area (Å²) in [6, 6.07) is 4.50. The number of hydrogen-bond donors (Lipinski definition) is 0. The van der Waals surface area contributed by atoms with Crippen LogP contribution < -0.4 is 5.63 Å². The lowest BCUT2D eigenvalue weighted by atomic mass is 10.2. The van der Waals surface area contributed by atoms with E-state index in [4.69, 9.17) is 9.15 Å². The van der Waals surface area contributed by atoms with E-state index in [0.29, 0.717) is 42.8 Å². The zero-order valence-electron chi connectivity index (χ0n) is 12.9. The van der Waals surface area contributed by atoms with Gasteiger partial charge in [-0.25, -0.2) is 18.2 Å². The van der Waals surface area contributed by atoms with Gasteiger partial charge < -0.3 is 13.7 Å². The molecule has 2 aromatic heterocycles. The quantitative estimate of drug-likeness (QED) is 0.632. The SMILES string of the molecule is Cn1cnc2c(=O)oc3ccc(S(=O)(=O)N4CCOCC4)cc3c21. The lowest BCUT2D eigenvalue weighted by Gasteiger charge is -2.26. The zero-order chi connectivity index (χ0) is 16.9. The Kier molecular flexibility index (Phi) is 3.44. The van der Waals surface area contributed by atoms with Crippen LogP contribution in [-0.4, -0.2) is 48.6 Å². The Hall–Kier alpha value is -2.23. The number of sulfonamides is 1. The van der Waals surface area contributed by atoms with Gasteiger partial charge in [0.1, 0.15) is 5.58 Å². The van der Waals surface area contributed by atoms with Crippen LogP contribution in [0.25, 0.3) is 22.0 Å². The van der Waals surface area contributed by atoms with Gasteiger partial charge in [-0.15, -0.1) is 0 Å². The molecule has 24 heavy (non-hydrogen) atoms. The minimum atomic E-state index is -3.62. The second kappa shape index (κ2) is 5.40. The number of aryl methyl sites for hydroxylation is 1. The Labute approximate surface area is 137 Å². The van der Waals surface area contributed by atoms with Gasteiger partial charge in [-0.3, -0.25) is 0 Å². The monoisotopic (exact) mass is 349 g/mol. The van der Waals surface area contributed by atoms with E-state index in [1.807, 2.05) is 0 Å². The number of morpholine rings is 1. The van der Waals surface area contributed by atoms with E-state index in [1.54, 1.807) is 11.6 Å². The van der Waals surface area contributed by atoms with Crippen molar-refractivity contribution in [1.29, 1.82) is 0 Å². The minimum Gasteiger partial charge on any atom is -0.421 e. The molecule has 126 valence electrons. The lowest BCUT2D eigenvalue weighted by Crippen LogP contribution is -2.40. The van der Waals surface area contributed by atoms with E-state index >= 15 is 0 Å². The molecule has 0 unspecified atom stereocenters. The number of fused-ring (bicyclic) bond motifs is 3. The van der Waals surface area contributed by atoms with Gasteiger partial charge in [0.15, 0.2) is 5.52 Å². The smallest absolute Gasteiger partial charge is 0.364 e. The minimum absolute atomic E-state index is 0.160. The largest absolute Gasteiger partial charge is 0.421 e. The molecule has 1 aliphatic rings. The van der Waals surface area contributed by atoms with Crippen molar-refractivity contribution < 1.29 is 17.6 Å². The molecule has 0 bridgehead atoms. The highest BCUT2D eigenvalue weighted by atomic mass is 32.2. The van der Waals surface area contributed by atoms with E-state index in [-0.39, 0.29) is 10.4 Å². The number of hydrogen-bond acceptors (Lipinski definition) is 6. The molecule has 0 atom stereocenters. The van der Waals surface area contributed by atoms with Crippen LogP contribution in [0.15, 0.2) is 38.6 Å². The molecule has 0 N–H and O–H groups in total. The first-order chi connectivity index (χ1) is 11.5. The summed E-state index contributed by atoms with van der Waals surface area (Å²) in [5, 5.41) is 0.541. The predicted molar refractivity (Wildman–Crippen MR) is 86.3 cm³/mol. The first kappa shape index (κ1) is 15.3. The summed E-state index contributed by atoms with van der Waals surface area (Å²) in [5.74, 6) is 0. The Morgan fingerprint density at radius 1 is 1.21 bits per heavy atom. The Morgan fingerprint density at radius 2 is 1.96 bits per heavy atom.